The normalized spacial score (nSPS) is 15.2. The number of hydrogen-bond donors (Lipinski definition) is 0. The highest BCUT2D eigenvalue weighted by Crippen LogP contribution is 2.56. The fourth-order valence-corrected chi connectivity index (χ4v) is 11.8. The SMILES string of the molecule is CC(c1ccc2c(c1)C1(C=CC=C1)c1cc(CCC(Cc3ccc4c(c3)sc3ccccc34)c3ccccc3)c3ccccc3c1-2)C(Cc1ccccc1)c1ccccc1. The van der Waals surface area contributed by atoms with E-state index in [1.807, 2.05) is 11.3 Å². The van der Waals surface area contributed by atoms with Gasteiger partial charge in [-0.15, -0.1) is 11.3 Å². The third kappa shape index (κ3) is 6.44. The van der Waals surface area contributed by atoms with Gasteiger partial charge in [-0.2, -0.15) is 0 Å². The number of rotatable bonds is 11. The maximum absolute atomic E-state index is 2.59. The monoisotopic (exact) mass is 788 g/mol. The molecule has 0 radical (unpaired) electrons. The zero-order valence-corrected chi connectivity index (χ0v) is 34.9. The molecule has 1 aromatic heterocycles. The lowest BCUT2D eigenvalue weighted by atomic mass is 9.75. The van der Waals surface area contributed by atoms with Crippen LogP contribution in [0.5, 0.6) is 0 Å². The van der Waals surface area contributed by atoms with Crippen LogP contribution in [0.15, 0.2) is 206 Å². The Morgan fingerprint density at radius 2 is 1.13 bits per heavy atom. The molecule has 2 aliphatic carbocycles. The molecule has 1 spiro atoms. The van der Waals surface area contributed by atoms with E-state index in [0.717, 1.165) is 25.7 Å². The van der Waals surface area contributed by atoms with Crippen molar-refractivity contribution < 1.29 is 0 Å². The minimum atomic E-state index is -0.278. The Labute approximate surface area is 358 Å². The van der Waals surface area contributed by atoms with Crippen LogP contribution in [-0.4, -0.2) is 0 Å². The maximum Gasteiger partial charge on any atom is 0.0581 e. The molecular formula is C59H48S. The molecule has 3 atom stereocenters. The molecule has 0 amide bonds. The fourth-order valence-electron chi connectivity index (χ4n) is 10.7. The fraction of sp³-hybridized carbons (Fsp3) is 0.153. The van der Waals surface area contributed by atoms with E-state index in [1.165, 1.54) is 86.6 Å². The number of aryl methyl sites for hydroxylation is 1. The Balaban J connectivity index is 0.957. The quantitative estimate of drug-likeness (QED) is 0.122. The molecule has 0 nitrogen and oxygen atoms in total. The van der Waals surface area contributed by atoms with Crippen molar-refractivity contribution in [1.29, 1.82) is 0 Å². The topological polar surface area (TPSA) is 0 Å². The molecule has 0 aliphatic heterocycles. The van der Waals surface area contributed by atoms with Crippen molar-refractivity contribution in [2.75, 3.05) is 0 Å². The van der Waals surface area contributed by atoms with Crippen molar-refractivity contribution in [3.05, 3.63) is 251 Å². The Bertz CT molecular complexity index is 3050. The summed E-state index contributed by atoms with van der Waals surface area (Å²) in [5.74, 6) is 1.09. The van der Waals surface area contributed by atoms with E-state index in [2.05, 4.69) is 213 Å². The Hall–Kier alpha value is -6.28. The third-order valence-electron chi connectivity index (χ3n) is 13.8. The molecule has 0 bridgehead atoms. The Morgan fingerprint density at radius 3 is 1.90 bits per heavy atom. The molecule has 290 valence electrons. The van der Waals surface area contributed by atoms with Gasteiger partial charge in [0.05, 0.1) is 5.41 Å². The molecule has 11 rings (SSSR count). The Kier molecular flexibility index (Phi) is 9.43. The molecule has 1 heterocycles. The largest absolute Gasteiger partial charge is 0.135 e. The summed E-state index contributed by atoms with van der Waals surface area (Å²) in [6.07, 6.45) is 13.6. The van der Waals surface area contributed by atoms with Crippen LogP contribution in [0.25, 0.3) is 42.1 Å². The lowest BCUT2D eigenvalue weighted by Crippen LogP contribution is -2.19. The second kappa shape index (κ2) is 15.4. The first-order valence-electron chi connectivity index (χ1n) is 21.7. The van der Waals surface area contributed by atoms with E-state index in [0.29, 0.717) is 17.8 Å². The number of benzene rings is 8. The van der Waals surface area contributed by atoms with Crippen molar-refractivity contribution in [2.24, 2.45) is 0 Å². The molecule has 0 saturated carbocycles. The summed E-state index contributed by atoms with van der Waals surface area (Å²) in [4.78, 5) is 0. The van der Waals surface area contributed by atoms with Gasteiger partial charge in [-0.3, -0.25) is 0 Å². The maximum atomic E-state index is 2.59. The average molecular weight is 789 g/mol. The second-order valence-electron chi connectivity index (χ2n) is 17.2. The minimum absolute atomic E-state index is 0.278. The van der Waals surface area contributed by atoms with Crippen molar-refractivity contribution in [3.63, 3.8) is 0 Å². The molecule has 9 aromatic rings. The van der Waals surface area contributed by atoms with Gasteiger partial charge in [-0.1, -0.05) is 201 Å². The van der Waals surface area contributed by atoms with E-state index in [4.69, 9.17) is 0 Å². The first kappa shape index (κ1) is 36.8. The van der Waals surface area contributed by atoms with E-state index < -0.39 is 0 Å². The smallest absolute Gasteiger partial charge is 0.0581 e. The molecular weight excluding hydrogens is 741 g/mol. The van der Waals surface area contributed by atoms with E-state index in [1.54, 1.807) is 0 Å². The van der Waals surface area contributed by atoms with E-state index in [9.17, 15) is 0 Å². The van der Waals surface area contributed by atoms with Gasteiger partial charge < -0.3 is 0 Å². The summed E-state index contributed by atoms with van der Waals surface area (Å²) in [6, 6.07) is 68.7. The van der Waals surface area contributed by atoms with Crippen LogP contribution in [-0.2, 0) is 24.7 Å². The lowest BCUT2D eigenvalue weighted by Gasteiger charge is -2.28. The number of hydrogen-bond acceptors (Lipinski definition) is 1. The van der Waals surface area contributed by atoms with Gasteiger partial charge in [0.2, 0.25) is 0 Å². The summed E-state index contributed by atoms with van der Waals surface area (Å²) < 4.78 is 2.75. The van der Waals surface area contributed by atoms with Gasteiger partial charge >= 0.3 is 0 Å². The first-order chi connectivity index (χ1) is 29.6. The van der Waals surface area contributed by atoms with Crippen LogP contribution in [0.4, 0.5) is 0 Å². The summed E-state index contributed by atoms with van der Waals surface area (Å²) in [6.45, 7) is 2.44. The lowest BCUT2D eigenvalue weighted by molar-refractivity contribution is 0.571. The molecule has 2 aliphatic rings. The van der Waals surface area contributed by atoms with Gasteiger partial charge in [0.15, 0.2) is 0 Å². The van der Waals surface area contributed by atoms with Gasteiger partial charge in [0.1, 0.15) is 0 Å². The summed E-state index contributed by atoms with van der Waals surface area (Å²) >= 11 is 1.92. The van der Waals surface area contributed by atoms with E-state index in [-0.39, 0.29) is 5.41 Å². The van der Waals surface area contributed by atoms with Crippen LogP contribution in [0, 0.1) is 0 Å². The van der Waals surface area contributed by atoms with Gasteiger partial charge in [-0.05, 0) is 122 Å². The third-order valence-corrected chi connectivity index (χ3v) is 14.9. The zero-order valence-electron chi connectivity index (χ0n) is 34.1. The van der Waals surface area contributed by atoms with Gasteiger partial charge in [0, 0.05) is 20.2 Å². The van der Waals surface area contributed by atoms with Crippen LogP contribution in [0.3, 0.4) is 0 Å². The zero-order chi connectivity index (χ0) is 40.0. The number of fused-ring (bicyclic) bond motifs is 10. The van der Waals surface area contributed by atoms with Crippen LogP contribution < -0.4 is 0 Å². The summed E-state index contributed by atoms with van der Waals surface area (Å²) in [5.41, 5.74) is 13.8. The summed E-state index contributed by atoms with van der Waals surface area (Å²) in [5, 5.41) is 5.49. The predicted molar refractivity (Wildman–Crippen MR) is 257 cm³/mol. The van der Waals surface area contributed by atoms with Gasteiger partial charge in [0.25, 0.3) is 0 Å². The standard InChI is InChI=1S/C59H48S/c1-40(53(44-21-9-4-10-22-44)36-41-17-5-2-6-18-41)45-30-32-52-54(38-45)59(33-15-16-34-59)55-39-47(48-23-11-12-25-51(48)58(52)55)29-28-46(43-19-7-3-8-20-43)35-42-27-31-50-49-24-13-14-26-56(49)60-57(50)37-42/h2-27,30-34,37-40,46,53H,28-29,35-36H2,1H3. The van der Waals surface area contributed by atoms with E-state index >= 15 is 0 Å². The number of thiophene rings is 1. The second-order valence-corrected chi connectivity index (χ2v) is 18.3. The van der Waals surface area contributed by atoms with Crippen LogP contribution >= 0.6 is 11.3 Å². The highest BCUT2D eigenvalue weighted by atomic mass is 32.1. The van der Waals surface area contributed by atoms with Crippen LogP contribution in [0.2, 0.25) is 0 Å². The van der Waals surface area contributed by atoms with Crippen LogP contribution in [0.1, 0.15) is 75.6 Å². The number of allylic oxidation sites excluding steroid dienone is 4. The molecule has 0 saturated heterocycles. The first-order valence-corrected chi connectivity index (χ1v) is 22.6. The van der Waals surface area contributed by atoms with Crippen molar-refractivity contribution >= 4 is 42.3 Å². The highest BCUT2D eigenvalue weighted by molar-refractivity contribution is 7.25. The van der Waals surface area contributed by atoms with Crippen molar-refractivity contribution in [1.82, 2.24) is 0 Å². The van der Waals surface area contributed by atoms with Gasteiger partial charge in [-0.25, -0.2) is 0 Å². The van der Waals surface area contributed by atoms with Crippen molar-refractivity contribution in [3.8, 4) is 11.1 Å². The molecule has 8 aromatic carbocycles. The molecule has 0 N–H and O–H groups in total. The molecule has 1 heteroatoms. The highest BCUT2D eigenvalue weighted by Gasteiger charge is 2.42. The Morgan fingerprint density at radius 1 is 0.483 bits per heavy atom. The molecule has 3 unspecified atom stereocenters. The molecule has 0 fully saturated rings. The summed E-state index contributed by atoms with van der Waals surface area (Å²) in [7, 11) is 0. The predicted octanol–water partition coefficient (Wildman–Crippen LogP) is 15.7. The van der Waals surface area contributed by atoms with Crippen molar-refractivity contribution in [2.45, 2.75) is 55.8 Å². The molecule has 60 heavy (non-hydrogen) atoms. The average Bonchev–Trinajstić information content (AvgIpc) is 4.02. The minimum Gasteiger partial charge on any atom is -0.135 e.